The van der Waals surface area contributed by atoms with E-state index in [1.165, 1.54) is 19.3 Å². The molecule has 1 fully saturated rings. The highest BCUT2D eigenvalue weighted by atomic mass is 16.5. The average molecular weight is 343 g/mol. The van der Waals surface area contributed by atoms with E-state index in [1.54, 1.807) is 4.68 Å². The number of amides is 1. The fourth-order valence-electron chi connectivity index (χ4n) is 3.27. The van der Waals surface area contributed by atoms with Gasteiger partial charge in [-0.3, -0.25) is 4.79 Å². The molecule has 1 heterocycles. The molecule has 1 N–H and O–H groups in total. The lowest BCUT2D eigenvalue weighted by molar-refractivity contribution is -0.122. The Kier molecular flexibility index (Phi) is 5.98. The van der Waals surface area contributed by atoms with Crippen LogP contribution < -0.4 is 10.1 Å². The van der Waals surface area contributed by atoms with E-state index in [-0.39, 0.29) is 5.91 Å². The molecule has 25 heavy (non-hydrogen) atoms. The van der Waals surface area contributed by atoms with Crippen molar-refractivity contribution in [2.45, 2.75) is 52.0 Å². The van der Waals surface area contributed by atoms with Gasteiger partial charge in [0, 0.05) is 6.42 Å². The van der Waals surface area contributed by atoms with Gasteiger partial charge in [0.1, 0.15) is 5.75 Å². The summed E-state index contributed by atoms with van der Waals surface area (Å²) >= 11 is 0. The Morgan fingerprint density at radius 1 is 1.24 bits per heavy atom. The molecule has 3 rings (SSSR count). The van der Waals surface area contributed by atoms with Crippen LogP contribution in [0.5, 0.6) is 5.75 Å². The molecule has 0 unspecified atom stereocenters. The Balaban J connectivity index is 1.56. The molecule has 0 aliphatic heterocycles. The van der Waals surface area contributed by atoms with Crippen LogP contribution in [0.2, 0.25) is 0 Å². The molecule has 0 radical (unpaired) electrons. The number of carbonyl (C=O) groups is 1. The van der Waals surface area contributed by atoms with Gasteiger partial charge in [0.15, 0.2) is 5.82 Å². The smallest absolute Gasteiger partial charge is 0.220 e. The lowest BCUT2D eigenvalue weighted by Crippen LogP contribution is -2.27. The topological polar surface area (TPSA) is 81.9 Å². The number of nitrogens with one attached hydrogen (secondary N) is 1. The summed E-state index contributed by atoms with van der Waals surface area (Å²) in [4.78, 5) is 12.2. The highest BCUT2D eigenvalue weighted by Crippen LogP contribution is 2.26. The first kappa shape index (κ1) is 17.4. The molecule has 7 nitrogen and oxygen atoms in total. The van der Waals surface area contributed by atoms with E-state index < -0.39 is 0 Å². The van der Waals surface area contributed by atoms with Crippen LogP contribution in [0.1, 0.15) is 51.3 Å². The van der Waals surface area contributed by atoms with Crippen molar-refractivity contribution in [3.63, 3.8) is 0 Å². The van der Waals surface area contributed by atoms with Gasteiger partial charge in [-0.25, -0.2) is 0 Å². The predicted octanol–water partition coefficient (Wildman–Crippen LogP) is 2.65. The van der Waals surface area contributed by atoms with Gasteiger partial charge >= 0.3 is 0 Å². The number of aromatic nitrogens is 4. The van der Waals surface area contributed by atoms with E-state index in [9.17, 15) is 4.79 Å². The van der Waals surface area contributed by atoms with Crippen molar-refractivity contribution in [2.24, 2.45) is 5.92 Å². The minimum Gasteiger partial charge on any atom is -0.494 e. The highest BCUT2D eigenvalue weighted by Gasteiger charge is 2.17. The second-order valence-corrected chi connectivity index (χ2v) is 6.42. The van der Waals surface area contributed by atoms with Gasteiger partial charge in [-0.05, 0) is 60.4 Å². The third-order valence-electron chi connectivity index (χ3n) is 4.57. The lowest BCUT2D eigenvalue weighted by atomic mass is 9.87. The number of carbonyl (C=O) groups excluding carboxylic acids is 1. The number of hydrogen-bond donors (Lipinski definition) is 1. The number of rotatable bonds is 7. The largest absolute Gasteiger partial charge is 0.494 e. The summed E-state index contributed by atoms with van der Waals surface area (Å²) < 4.78 is 7.08. The van der Waals surface area contributed by atoms with Crippen molar-refractivity contribution in [3.8, 4) is 11.4 Å². The van der Waals surface area contributed by atoms with Gasteiger partial charge in [-0.2, -0.15) is 4.68 Å². The quantitative estimate of drug-likeness (QED) is 0.836. The first-order valence-corrected chi connectivity index (χ1v) is 9.03. The van der Waals surface area contributed by atoms with E-state index in [0.29, 0.717) is 31.3 Å². The molecular formula is C18H25N5O2. The molecule has 0 saturated heterocycles. The van der Waals surface area contributed by atoms with Crippen molar-refractivity contribution in [1.82, 2.24) is 25.5 Å². The molecule has 1 aliphatic carbocycles. The van der Waals surface area contributed by atoms with Gasteiger partial charge in [-0.1, -0.05) is 19.3 Å². The molecule has 0 atom stereocenters. The van der Waals surface area contributed by atoms with Gasteiger partial charge in [0.25, 0.3) is 0 Å². The average Bonchev–Trinajstić information content (AvgIpc) is 3.10. The summed E-state index contributed by atoms with van der Waals surface area (Å²) in [6.45, 7) is 2.90. The minimum atomic E-state index is 0.0770. The van der Waals surface area contributed by atoms with E-state index in [0.717, 1.165) is 24.3 Å². The molecule has 1 aliphatic rings. The van der Waals surface area contributed by atoms with Crippen LogP contribution >= 0.6 is 0 Å². The summed E-state index contributed by atoms with van der Waals surface area (Å²) in [6.07, 6.45) is 6.72. The molecule has 1 saturated carbocycles. The Hall–Kier alpha value is -2.44. The van der Waals surface area contributed by atoms with E-state index in [1.807, 2.05) is 31.2 Å². The number of nitrogens with zero attached hydrogens (tertiary/aromatic N) is 4. The van der Waals surface area contributed by atoms with Crippen molar-refractivity contribution in [1.29, 1.82) is 0 Å². The van der Waals surface area contributed by atoms with Crippen molar-refractivity contribution in [3.05, 3.63) is 30.1 Å². The third-order valence-corrected chi connectivity index (χ3v) is 4.57. The molecule has 1 amide bonds. The zero-order valence-corrected chi connectivity index (χ0v) is 14.6. The number of ether oxygens (including phenoxy) is 1. The fraction of sp³-hybridized carbons (Fsp3) is 0.556. The summed E-state index contributed by atoms with van der Waals surface area (Å²) in [7, 11) is 0. The molecule has 0 spiro atoms. The maximum Gasteiger partial charge on any atom is 0.220 e. The lowest BCUT2D eigenvalue weighted by Gasteiger charge is -2.20. The molecule has 0 bridgehead atoms. The Labute approximate surface area is 147 Å². The molecule has 134 valence electrons. The Morgan fingerprint density at radius 2 is 2.00 bits per heavy atom. The number of tetrazole rings is 1. The van der Waals surface area contributed by atoms with Crippen LogP contribution in [0.25, 0.3) is 5.69 Å². The first-order valence-electron chi connectivity index (χ1n) is 9.03. The predicted molar refractivity (Wildman–Crippen MR) is 93.4 cm³/mol. The van der Waals surface area contributed by atoms with Gasteiger partial charge in [0.05, 0.1) is 18.8 Å². The summed E-state index contributed by atoms with van der Waals surface area (Å²) in [5.41, 5.74) is 0.838. The van der Waals surface area contributed by atoms with Crippen LogP contribution in [0, 0.1) is 5.92 Å². The molecule has 1 aromatic heterocycles. The zero-order valence-electron chi connectivity index (χ0n) is 14.6. The Morgan fingerprint density at radius 3 is 2.72 bits per heavy atom. The van der Waals surface area contributed by atoms with Crippen LogP contribution in [-0.4, -0.2) is 32.7 Å². The highest BCUT2D eigenvalue weighted by molar-refractivity contribution is 5.76. The van der Waals surface area contributed by atoms with E-state index >= 15 is 0 Å². The van der Waals surface area contributed by atoms with Crippen LogP contribution in [-0.2, 0) is 11.3 Å². The second-order valence-electron chi connectivity index (χ2n) is 6.42. The zero-order chi connectivity index (χ0) is 17.5. The molecule has 1 aromatic carbocycles. The Bertz CT molecular complexity index is 677. The van der Waals surface area contributed by atoms with Gasteiger partial charge in [0.2, 0.25) is 5.91 Å². The first-order chi connectivity index (χ1) is 12.3. The van der Waals surface area contributed by atoms with E-state index in [4.69, 9.17) is 4.74 Å². The molecular weight excluding hydrogens is 318 g/mol. The second kappa shape index (κ2) is 8.60. The maximum absolute atomic E-state index is 12.2. The summed E-state index contributed by atoms with van der Waals surface area (Å²) in [6, 6.07) is 7.56. The minimum absolute atomic E-state index is 0.0770. The fourth-order valence-corrected chi connectivity index (χ4v) is 3.27. The standard InChI is InChI=1S/C18H25N5O2/c1-2-25-16-10-8-15(9-11-16)23-17(20-21-22-23)13-19-18(24)12-14-6-4-3-5-7-14/h8-11,14H,2-7,12-13H2,1H3,(H,19,24). The van der Waals surface area contributed by atoms with Crippen molar-refractivity contribution in [2.75, 3.05) is 6.61 Å². The third kappa shape index (κ3) is 4.78. The maximum atomic E-state index is 12.2. The van der Waals surface area contributed by atoms with Gasteiger partial charge < -0.3 is 10.1 Å². The van der Waals surface area contributed by atoms with Crippen LogP contribution in [0.4, 0.5) is 0 Å². The monoisotopic (exact) mass is 343 g/mol. The van der Waals surface area contributed by atoms with Crippen molar-refractivity contribution < 1.29 is 9.53 Å². The number of hydrogen-bond acceptors (Lipinski definition) is 5. The van der Waals surface area contributed by atoms with Crippen LogP contribution in [0.15, 0.2) is 24.3 Å². The molecule has 7 heteroatoms. The normalized spacial score (nSPS) is 15.1. The van der Waals surface area contributed by atoms with Gasteiger partial charge in [-0.15, -0.1) is 5.10 Å². The SMILES string of the molecule is CCOc1ccc(-n2nnnc2CNC(=O)CC2CCCCC2)cc1. The number of benzene rings is 1. The molecule has 2 aromatic rings. The summed E-state index contributed by atoms with van der Waals surface area (Å²) in [5.74, 6) is 2.02. The van der Waals surface area contributed by atoms with E-state index in [2.05, 4.69) is 20.8 Å². The summed E-state index contributed by atoms with van der Waals surface area (Å²) in [5, 5.41) is 14.7. The van der Waals surface area contributed by atoms with Crippen molar-refractivity contribution >= 4 is 5.91 Å². The van der Waals surface area contributed by atoms with Crippen LogP contribution in [0.3, 0.4) is 0 Å².